The van der Waals surface area contributed by atoms with Crippen LogP contribution in [-0.2, 0) is 0 Å². The maximum absolute atomic E-state index is 5.73. The Hall–Kier alpha value is 0.390. The molecule has 0 amide bonds. The zero-order valence-electron chi connectivity index (χ0n) is 5.02. The molecule has 0 aliphatic rings. The second-order valence-corrected chi connectivity index (χ2v) is 11.1. The van der Waals surface area contributed by atoms with Crippen LogP contribution in [0.5, 0.6) is 0 Å². The van der Waals surface area contributed by atoms with Crippen molar-refractivity contribution >= 4 is 6.75 Å². The molecule has 0 aliphatic heterocycles. The second-order valence-electron chi connectivity index (χ2n) is 3.72. The Morgan fingerprint density at radius 1 is 1.00 bits per heavy atom. The molecule has 0 bridgehead atoms. The molecule has 40 valence electrons. The predicted molar refractivity (Wildman–Crippen MR) is 34.8 cm³/mol. The molecule has 6 heavy (non-hydrogen) atoms. The molecule has 2 heteroatoms. The SMILES string of the molecule is CP(C)(C)(C)N. The van der Waals surface area contributed by atoms with E-state index in [1.165, 1.54) is 0 Å². The van der Waals surface area contributed by atoms with Crippen molar-refractivity contribution in [3.63, 3.8) is 0 Å². The van der Waals surface area contributed by atoms with Crippen LogP contribution < -0.4 is 5.50 Å². The number of hydrogen-bond donors (Lipinski definition) is 1. The van der Waals surface area contributed by atoms with Gasteiger partial charge in [0.25, 0.3) is 0 Å². The van der Waals surface area contributed by atoms with Crippen LogP contribution in [0.4, 0.5) is 0 Å². The van der Waals surface area contributed by atoms with Crippen LogP contribution in [0.25, 0.3) is 0 Å². The summed E-state index contributed by atoms with van der Waals surface area (Å²) in [6.07, 6.45) is 0. The number of nitrogens with two attached hydrogens (primary N) is 1. The van der Waals surface area contributed by atoms with E-state index in [4.69, 9.17) is 5.50 Å². The summed E-state index contributed by atoms with van der Waals surface area (Å²) in [5, 5.41) is 0. The van der Waals surface area contributed by atoms with E-state index in [-0.39, 0.29) is 0 Å². The van der Waals surface area contributed by atoms with Crippen molar-refractivity contribution in [2.75, 3.05) is 26.7 Å². The molecule has 1 nitrogen and oxygen atoms in total. The summed E-state index contributed by atoms with van der Waals surface area (Å²) < 4.78 is 0. The van der Waals surface area contributed by atoms with E-state index in [2.05, 4.69) is 26.7 Å². The summed E-state index contributed by atoms with van der Waals surface area (Å²) in [6.45, 7) is 6.92. The molecule has 0 aromatic heterocycles. The first-order chi connectivity index (χ1) is 2.24. The van der Waals surface area contributed by atoms with E-state index < -0.39 is 6.75 Å². The molecule has 0 heterocycles. The Labute approximate surface area is 39.9 Å². The molecule has 0 aliphatic carbocycles. The van der Waals surface area contributed by atoms with Crippen molar-refractivity contribution < 1.29 is 0 Å². The van der Waals surface area contributed by atoms with Gasteiger partial charge in [-0.25, -0.2) is 0 Å². The third-order valence-electron chi connectivity index (χ3n) is 0. The van der Waals surface area contributed by atoms with Crippen molar-refractivity contribution in [2.45, 2.75) is 0 Å². The normalized spacial score (nSPS) is 19.2. The Bertz CT molecular complexity index is 40.7. The third-order valence-corrected chi connectivity index (χ3v) is 0. The summed E-state index contributed by atoms with van der Waals surface area (Å²) in [5.74, 6) is 0. The molecule has 0 unspecified atom stereocenters. The Balaban J connectivity index is 3.73. The van der Waals surface area contributed by atoms with Gasteiger partial charge in [0.1, 0.15) is 0 Å². The van der Waals surface area contributed by atoms with E-state index in [1.807, 2.05) is 0 Å². The first-order valence-electron chi connectivity index (χ1n) is 2.05. The van der Waals surface area contributed by atoms with Crippen molar-refractivity contribution in [1.29, 1.82) is 0 Å². The number of rotatable bonds is 0. The quantitative estimate of drug-likeness (QED) is 0.458. The molecule has 0 radical (unpaired) electrons. The molecule has 0 saturated carbocycles. The maximum atomic E-state index is 5.73. The van der Waals surface area contributed by atoms with E-state index in [0.29, 0.717) is 0 Å². The van der Waals surface area contributed by atoms with Crippen LogP contribution in [0.1, 0.15) is 0 Å². The Kier molecular flexibility index (Phi) is 1.02. The van der Waals surface area contributed by atoms with Gasteiger partial charge >= 0.3 is 38.9 Å². The van der Waals surface area contributed by atoms with Crippen LogP contribution in [-0.4, -0.2) is 26.7 Å². The van der Waals surface area contributed by atoms with Gasteiger partial charge in [0, 0.05) is 0 Å². The summed E-state index contributed by atoms with van der Waals surface area (Å²) in [5.41, 5.74) is 5.73. The van der Waals surface area contributed by atoms with Gasteiger partial charge in [0.05, 0.1) is 0 Å². The predicted octanol–water partition coefficient (Wildman–Crippen LogP) is 0.933. The van der Waals surface area contributed by atoms with Gasteiger partial charge < -0.3 is 0 Å². The monoisotopic (exact) mass is 107 g/mol. The zero-order chi connectivity index (χ0) is 5.45. The summed E-state index contributed by atoms with van der Waals surface area (Å²) >= 11 is 0. The molecule has 0 fully saturated rings. The van der Waals surface area contributed by atoms with Gasteiger partial charge in [-0.05, 0) is 0 Å². The molecule has 0 rings (SSSR count). The molecule has 0 atom stereocenters. The minimum absolute atomic E-state index is 1.55. The first kappa shape index (κ1) is 6.39. The van der Waals surface area contributed by atoms with E-state index >= 15 is 0 Å². The van der Waals surface area contributed by atoms with Crippen molar-refractivity contribution in [3.05, 3.63) is 0 Å². The van der Waals surface area contributed by atoms with Crippen LogP contribution in [0.2, 0.25) is 0 Å². The standard InChI is InChI=1S/C4H14NP/c1-6(2,3,4)5/h5H2,1-4H3. The van der Waals surface area contributed by atoms with Gasteiger partial charge in [-0.3, -0.25) is 0 Å². The molecule has 0 aromatic carbocycles. The van der Waals surface area contributed by atoms with Gasteiger partial charge in [0.2, 0.25) is 0 Å². The Morgan fingerprint density at radius 2 is 1.00 bits per heavy atom. The van der Waals surface area contributed by atoms with Crippen LogP contribution in [0, 0.1) is 0 Å². The third kappa shape index (κ3) is 332. The Morgan fingerprint density at radius 3 is 1.00 bits per heavy atom. The van der Waals surface area contributed by atoms with Gasteiger partial charge in [-0.2, -0.15) is 0 Å². The molecule has 0 spiro atoms. The average Bonchev–Trinajstić information content (AvgIpc) is 0.650. The van der Waals surface area contributed by atoms with E-state index in [0.717, 1.165) is 0 Å². The fourth-order valence-corrected chi connectivity index (χ4v) is 0. The van der Waals surface area contributed by atoms with Crippen molar-refractivity contribution in [1.82, 2.24) is 0 Å². The summed E-state index contributed by atoms with van der Waals surface area (Å²) in [4.78, 5) is 0. The topological polar surface area (TPSA) is 26.0 Å². The van der Waals surface area contributed by atoms with E-state index in [9.17, 15) is 0 Å². The van der Waals surface area contributed by atoms with Gasteiger partial charge in [-0.15, -0.1) is 0 Å². The van der Waals surface area contributed by atoms with Crippen LogP contribution in [0.3, 0.4) is 0 Å². The minimum atomic E-state index is -1.55. The fraction of sp³-hybridized carbons (Fsp3) is 1.00. The second kappa shape index (κ2) is 0.962. The van der Waals surface area contributed by atoms with Gasteiger partial charge in [-0.1, -0.05) is 0 Å². The van der Waals surface area contributed by atoms with Crippen molar-refractivity contribution in [3.8, 4) is 0 Å². The molecular formula is C4H14NP. The number of hydrogen-bond acceptors (Lipinski definition) is 1. The molecule has 2 N–H and O–H groups in total. The van der Waals surface area contributed by atoms with Gasteiger partial charge in [0.15, 0.2) is 0 Å². The first-order valence-corrected chi connectivity index (χ1v) is 6.14. The van der Waals surface area contributed by atoms with Crippen molar-refractivity contribution in [2.24, 2.45) is 5.50 Å². The molecule has 0 aromatic rings. The molecular weight excluding hydrogens is 93.0 g/mol. The zero-order valence-corrected chi connectivity index (χ0v) is 5.92. The van der Waals surface area contributed by atoms with E-state index in [1.54, 1.807) is 0 Å². The summed E-state index contributed by atoms with van der Waals surface area (Å²) in [7, 11) is 0. The van der Waals surface area contributed by atoms with Crippen LogP contribution >= 0.6 is 6.75 Å². The van der Waals surface area contributed by atoms with Crippen LogP contribution in [0.15, 0.2) is 0 Å². The molecule has 0 saturated heterocycles. The summed E-state index contributed by atoms with van der Waals surface area (Å²) in [6, 6.07) is 0. The fourth-order valence-electron chi connectivity index (χ4n) is 0. The average molecular weight is 107 g/mol.